The summed E-state index contributed by atoms with van der Waals surface area (Å²) in [4.78, 5) is 28.6. The molecule has 1 atom stereocenters. The highest BCUT2D eigenvalue weighted by molar-refractivity contribution is 9.10. The molecule has 0 saturated carbocycles. The maximum atomic E-state index is 12.6. The van der Waals surface area contributed by atoms with E-state index in [2.05, 4.69) is 15.9 Å². The number of ether oxygens (including phenoxy) is 1. The number of morpholine rings is 1. The fourth-order valence-electron chi connectivity index (χ4n) is 2.86. The van der Waals surface area contributed by atoms with Gasteiger partial charge in [-0.1, -0.05) is 0 Å². The first-order valence-corrected chi connectivity index (χ1v) is 7.88. The van der Waals surface area contributed by atoms with Crippen LogP contribution >= 0.6 is 15.9 Å². The molecule has 2 aliphatic rings. The fourth-order valence-corrected chi connectivity index (χ4v) is 3.27. The number of furan rings is 1. The maximum Gasteiger partial charge on any atom is 0.259 e. The molecule has 1 aromatic heterocycles. The van der Waals surface area contributed by atoms with Crippen molar-refractivity contribution in [3.8, 4) is 0 Å². The molecule has 0 spiro atoms. The second-order valence-electron chi connectivity index (χ2n) is 5.20. The molecule has 0 radical (unpaired) electrons. The molecule has 21 heavy (non-hydrogen) atoms. The van der Waals surface area contributed by atoms with Gasteiger partial charge in [-0.15, -0.1) is 0 Å². The van der Waals surface area contributed by atoms with Crippen LogP contribution in [0.5, 0.6) is 0 Å². The molecule has 0 aromatic carbocycles. The lowest BCUT2D eigenvalue weighted by molar-refractivity contribution is -0.139. The van der Waals surface area contributed by atoms with Crippen LogP contribution in [-0.4, -0.2) is 60.5 Å². The van der Waals surface area contributed by atoms with Crippen LogP contribution in [-0.2, 0) is 9.53 Å². The number of halogens is 1. The van der Waals surface area contributed by atoms with Crippen LogP contribution in [0.3, 0.4) is 0 Å². The minimum absolute atomic E-state index is 0.0313. The Labute approximate surface area is 131 Å². The largest absolute Gasteiger partial charge is 0.457 e. The summed E-state index contributed by atoms with van der Waals surface area (Å²) >= 11 is 3.22. The first-order chi connectivity index (χ1) is 10.2. The van der Waals surface area contributed by atoms with E-state index in [-0.39, 0.29) is 17.9 Å². The van der Waals surface area contributed by atoms with Crippen LogP contribution in [0.4, 0.5) is 0 Å². The lowest BCUT2D eigenvalue weighted by atomic mass is 10.1. The summed E-state index contributed by atoms with van der Waals surface area (Å²) in [6, 6.07) is 1.26. The second kappa shape index (κ2) is 6.19. The summed E-state index contributed by atoms with van der Waals surface area (Å²) in [5, 5.41) is 0. The third kappa shape index (κ3) is 2.85. The molecule has 3 rings (SSSR count). The first kappa shape index (κ1) is 14.6. The Bertz CT molecular complexity index is 539. The van der Waals surface area contributed by atoms with Gasteiger partial charge < -0.3 is 19.0 Å². The van der Waals surface area contributed by atoms with Crippen molar-refractivity contribution in [3.05, 3.63) is 22.6 Å². The molecule has 3 heterocycles. The van der Waals surface area contributed by atoms with E-state index in [1.54, 1.807) is 15.9 Å². The van der Waals surface area contributed by atoms with Crippen LogP contribution in [0.15, 0.2) is 21.4 Å². The molecule has 2 saturated heterocycles. The van der Waals surface area contributed by atoms with Gasteiger partial charge in [-0.05, 0) is 34.8 Å². The van der Waals surface area contributed by atoms with Gasteiger partial charge in [0.05, 0.1) is 25.0 Å². The zero-order chi connectivity index (χ0) is 14.8. The molecule has 114 valence electrons. The summed E-state index contributed by atoms with van der Waals surface area (Å²) in [6.07, 6.45) is 3.03. The van der Waals surface area contributed by atoms with Crippen LogP contribution < -0.4 is 0 Å². The normalized spacial score (nSPS) is 22.6. The third-order valence-corrected chi connectivity index (χ3v) is 4.58. The van der Waals surface area contributed by atoms with Crippen LogP contribution in [0.2, 0.25) is 0 Å². The second-order valence-corrected chi connectivity index (χ2v) is 5.92. The average molecular weight is 357 g/mol. The predicted molar refractivity (Wildman–Crippen MR) is 77.9 cm³/mol. The van der Waals surface area contributed by atoms with Crippen molar-refractivity contribution in [2.75, 3.05) is 32.8 Å². The van der Waals surface area contributed by atoms with E-state index >= 15 is 0 Å². The van der Waals surface area contributed by atoms with Crippen LogP contribution in [0, 0.1) is 0 Å². The van der Waals surface area contributed by atoms with E-state index < -0.39 is 0 Å². The quantitative estimate of drug-likeness (QED) is 0.805. The highest BCUT2D eigenvalue weighted by Gasteiger charge is 2.38. The van der Waals surface area contributed by atoms with E-state index in [1.165, 1.54) is 6.26 Å². The Morgan fingerprint density at radius 2 is 2.00 bits per heavy atom. The average Bonchev–Trinajstić information content (AvgIpc) is 3.15. The number of carbonyl (C=O) groups excluding carboxylic acids is 2. The van der Waals surface area contributed by atoms with Gasteiger partial charge in [0.2, 0.25) is 5.91 Å². The van der Waals surface area contributed by atoms with Crippen LogP contribution in [0.1, 0.15) is 23.2 Å². The summed E-state index contributed by atoms with van der Waals surface area (Å²) in [5.41, 5.74) is 0.469. The molecule has 2 fully saturated rings. The van der Waals surface area contributed by atoms with Crippen molar-refractivity contribution in [1.82, 2.24) is 9.80 Å². The molecule has 0 aliphatic carbocycles. The Balaban J connectivity index is 1.74. The molecule has 0 N–H and O–H groups in total. The Morgan fingerprint density at radius 1 is 1.24 bits per heavy atom. The fraction of sp³-hybridized carbons (Fsp3) is 0.571. The smallest absolute Gasteiger partial charge is 0.259 e. The van der Waals surface area contributed by atoms with Gasteiger partial charge in [0, 0.05) is 19.6 Å². The van der Waals surface area contributed by atoms with Crippen molar-refractivity contribution in [1.29, 1.82) is 0 Å². The maximum absolute atomic E-state index is 12.6. The summed E-state index contributed by atoms with van der Waals surface area (Å²) in [5.74, 6) is -0.122. The number of hydrogen-bond acceptors (Lipinski definition) is 4. The standard InChI is InChI=1S/C14H17BrN2O4/c15-12-10(3-7-21-12)13(18)17-4-1-2-11(17)14(19)16-5-8-20-9-6-16/h3,7,11H,1-2,4-6,8-9H2. The monoisotopic (exact) mass is 356 g/mol. The SMILES string of the molecule is O=C(C1CCCN1C(=O)c1ccoc1Br)N1CCOCC1. The van der Waals surface area contributed by atoms with E-state index in [1.807, 2.05) is 0 Å². The highest BCUT2D eigenvalue weighted by Crippen LogP contribution is 2.26. The first-order valence-electron chi connectivity index (χ1n) is 7.09. The van der Waals surface area contributed by atoms with E-state index in [0.29, 0.717) is 43.1 Å². The van der Waals surface area contributed by atoms with Crippen molar-refractivity contribution >= 4 is 27.7 Å². The molecule has 2 aliphatic heterocycles. The topological polar surface area (TPSA) is 63.0 Å². The number of carbonyl (C=O) groups is 2. The minimum atomic E-state index is -0.364. The molecule has 7 heteroatoms. The minimum Gasteiger partial charge on any atom is -0.457 e. The van der Waals surface area contributed by atoms with Crippen molar-refractivity contribution in [3.63, 3.8) is 0 Å². The lowest BCUT2D eigenvalue weighted by Gasteiger charge is -2.32. The molecular formula is C14H17BrN2O4. The number of hydrogen-bond donors (Lipinski definition) is 0. The highest BCUT2D eigenvalue weighted by atomic mass is 79.9. The molecule has 1 unspecified atom stereocenters. The zero-order valence-electron chi connectivity index (χ0n) is 11.6. The third-order valence-electron chi connectivity index (χ3n) is 3.97. The van der Waals surface area contributed by atoms with Gasteiger partial charge >= 0.3 is 0 Å². The molecule has 0 bridgehead atoms. The Kier molecular flexibility index (Phi) is 4.30. The van der Waals surface area contributed by atoms with Crippen LogP contribution in [0.25, 0.3) is 0 Å². The summed E-state index contributed by atoms with van der Waals surface area (Å²) < 4.78 is 10.8. The predicted octanol–water partition coefficient (Wildman–Crippen LogP) is 1.51. The van der Waals surface area contributed by atoms with E-state index in [4.69, 9.17) is 9.15 Å². The van der Waals surface area contributed by atoms with E-state index in [9.17, 15) is 9.59 Å². The molecular weight excluding hydrogens is 340 g/mol. The summed E-state index contributed by atoms with van der Waals surface area (Å²) in [7, 11) is 0. The number of amides is 2. The van der Waals surface area contributed by atoms with Gasteiger partial charge in [0.25, 0.3) is 5.91 Å². The zero-order valence-corrected chi connectivity index (χ0v) is 13.2. The van der Waals surface area contributed by atoms with Gasteiger partial charge in [-0.3, -0.25) is 9.59 Å². The van der Waals surface area contributed by atoms with Gasteiger partial charge in [-0.2, -0.15) is 0 Å². The Hall–Kier alpha value is -1.34. The lowest BCUT2D eigenvalue weighted by Crippen LogP contribution is -2.51. The number of rotatable bonds is 2. The number of nitrogens with zero attached hydrogens (tertiary/aromatic N) is 2. The van der Waals surface area contributed by atoms with Gasteiger partial charge in [0.1, 0.15) is 6.04 Å². The molecule has 1 aromatic rings. The summed E-state index contributed by atoms with van der Waals surface area (Å²) in [6.45, 7) is 2.95. The molecule has 6 nitrogen and oxygen atoms in total. The molecule has 2 amide bonds. The van der Waals surface area contributed by atoms with Crippen molar-refractivity contribution in [2.24, 2.45) is 0 Å². The van der Waals surface area contributed by atoms with Gasteiger partial charge in [-0.25, -0.2) is 0 Å². The number of likely N-dealkylation sites (tertiary alicyclic amines) is 1. The Morgan fingerprint density at radius 3 is 2.67 bits per heavy atom. The van der Waals surface area contributed by atoms with Crippen molar-refractivity contribution < 1.29 is 18.7 Å². The van der Waals surface area contributed by atoms with Crippen molar-refractivity contribution in [2.45, 2.75) is 18.9 Å². The van der Waals surface area contributed by atoms with Gasteiger partial charge in [0.15, 0.2) is 4.67 Å². The van der Waals surface area contributed by atoms with E-state index in [0.717, 1.165) is 12.8 Å².